The third-order valence-electron chi connectivity index (χ3n) is 6.40. The van der Waals surface area contributed by atoms with E-state index in [2.05, 4.69) is 18.2 Å². The van der Waals surface area contributed by atoms with Crippen molar-refractivity contribution < 1.29 is 9.85 Å². The summed E-state index contributed by atoms with van der Waals surface area (Å²) in [4.78, 5) is 28.1. The van der Waals surface area contributed by atoms with Crippen molar-refractivity contribution in [3.8, 4) is 11.1 Å². The molecule has 0 saturated carbocycles. The molecule has 5 aromatic carbocycles. The Hall–Kier alpha value is -5.35. The molecule has 0 fully saturated rings. The molecular weight excluding hydrogens is 514 g/mol. The number of thiazole rings is 1. The maximum Gasteiger partial charge on any atom is 0.269 e. The number of nitro benzene ring substituents is 2. The van der Waals surface area contributed by atoms with Gasteiger partial charge in [0.1, 0.15) is 0 Å². The first-order valence-electron chi connectivity index (χ1n) is 11.8. The lowest BCUT2D eigenvalue weighted by molar-refractivity contribution is -0.385. The smallest absolute Gasteiger partial charge is 0.269 e. The van der Waals surface area contributed by atoms with Gasteiger partial charge in [-0.2, -0.15) is 0 Å². The number of nitrogens with zero attached hydrogens (tertiary/aromatic N) is 4. The third-order valence-corrected chi connectivity index (χ3v) is 7.41. The summed E-state index contributed by atoms with van der Waals surface area (Å²) in [5, 5.41) is 25.2. The van der Waals surface area contributed by atoms with Crippen molar-refractivity contribution in [3.63, 3.8) is 0 Å². The second-order valence-electron chi connectivity index (χ2n) is 8.88. The number of aromatic nitrogens is 1. The summed E-state index contributed by atoms with van der Waals surface area (Å²) in [5.74, 6) is 0. The highest BCUT2D eigenvalue weighted by atomic mass is 32.1. The number of nitro groups is 2. The van der Waals surface area contributed by atoms with Gasteiger partial charge < -0.3 is 5.73 Å². The highest BCUT2D eigenvalue weighted by molar-refractivity contribution is 7.22. The zero-order valence-electron chi connectivity index (χ0n) is 20.2. The van der Waals surface area contributed by atoms with E-state index in [-0.39, 0.29) is 11.4 Å². The summed E-state index contributed by atoms with van der Waals surface area (Å²) in [5.41, 5.74) is 10.7. The lowest BCUT2D eigenvalue weighted by Crippen LogP contribution is -2.09. The number of fused-ring (bicyclic) bond motifs is 2. The van der Waals surface area contributed by atoms with E-state index >= 15 is 0 Å². The minimum absolute atomic E-state index is 0.0330. The van der Waals surface area contributed by atoms with Crippen molar-refractivity contribution in [1.29, 1.82) is 0 Å². The quantitative estimate of drug-likeness (QED) is 0.130. The Balaban J connectivity index is 1.43. The van der Waals surface area contributed by atoms with Crippen LogP contribution < -0.4 is 10.6 Å². The van der Waals surface area contributed by atoms with Crippen LogP contribution in [0.25, 0.3) is 32.1 Å². The molecule has 0 amide bonds. The van der Waals surface area contributed by atoms with Crippen LogP contribution in [0.2, 0.25) is 0 Å². The molecule has 0 unspecified atom stereocenters. The number of non-ortho nitro benzene ring substituents is 2. The van der Waals surface area contributed by atoms with E-state index in [9.17, 15) is 20.2 Å². The van der Waals surface area contributed by atoms with Crippen molar-refractivity contribution in [1.82, 2.24) is 4.98 Å². The number of hydrogen-bond donors (Lipinski definition) is 1. The fourth-order valence-electron chi connectivity index (χ4n) is 4.45. The predicted octanol–water partition coefficient (Wildman–Crippen LogP) is 7.98. The van der Waals surface area contributed by atoms with Crippen molar-refractivity contribution >= 4 is 65.9 Å². The van der Waals surface area contributed by atoms with Gasteiger partial charge in [-0.25, -0.2) is 4.98 Å². The van der Waals surface area contributed by atoms with Crippen molar-refractivity contribution in [2.75, 3.05) is 10.6 Å². The highest BCUT2D eigenvalue weighted by Crippen LogP contribution is 2.41. The van der Waals surface area contributed by atoms with Crippen LogP contribution in [0.5, 0.6) is 0 Å². The van der Waals surface area contributed by atoms with Crippen molar-refractivity contribution in [2.24, 2.45) is 0 Å². The molecule has 1 heterocycles. The summed E-state index contributed by atoms with van der Waals surface area (Å²) in [6.07, 6.45) is 0. The van der Waals surface area contributed by atoms with Gasteiger partial charge in [0.05, 0.1) is 20.1 Å². The molecule has 9 nitrogen and oxygen atoms in total. The van der Waals surface area contributed by atoms with Crippen molar-refractivity contribution in [2.45, 2.75) is 0 Å². The first-order valence-corrected chi connectivity index (χ1v) is 12.7. The predicted molar refractivity (Wildman–Crippen MR) is 155 cm³/mol. The summed E-state index contributed by atoms with van der Waals surface area (Å²) < 4.78 is 0.953. The van der Waals surface area contributed by atoms with E-state index in [4.69, 9.17) is 10.7 Å². The topological polar surface area (TPSA) is 128 Å². The van der Waals surface area contributed by atoms with E-state index < -0.39 is 9.85 Å². The molecule has 39 heavy (non-hydrogen) atoms. The monoisotopic (exact) mass is 533 g/mol. The highest BCUT2D eigenvalue weighted by Gasteiger charge is 2.19. The first-order chi connectivity index (χ1) is 18.9. The van der Waals surface area contributed by atoms with Gasteiger partial charge in [0.15, 0.2) is 5.13 Å². The molecule has 0 aliphatic carbocycles. The Kier molecular flexibility index (Phi) is 5.85. The number of rotatable bonds is 6. The minimum Gasteiger partial charge on any atom is -0.399 e. The summed E-state index contributed by atoms with van der Waals surface area (Å²) >= 11 is 1.46. The van der Waals surface area contributed by atoms with Gasteiger partial charge in [-0.1, -0.05) is 35.6 Å². The standard InChI is InChI=1S/C29H19N5O4S/c30-22-5-3-19-15-18(1-2-20(19)16-22)21-4-14-27-28(17-21)39-29(31-27)32(23-6-10-25(11-7-23)33(35)36)24-8-12-26(13-9-24)34(37)38/h1-17H,30H2. The Morgan fingerprint density at radius 2 is 1.21 bits per heavy atom. The molecule has 0 radical (unpaired) electrons. The molecule has 190 valence electrons. The molecule has 0 aliphatic rings. The maximum atomic E-state index is 11.2. The van der Waals surface area contributed by atoms with Crippen LogP contribution >= 0.6 is 11.3 Å². The second kappa shape index (κ2) is 9.51. The third kappa shape index (κ3) is 4.60. The molecule has 0 aliphatic heterocycles. The number of anilines is 4. The lowest BCUT2D eigenvalue weighted by Gasteiger charge is -2.22. The molecule has 6 aromatic rings. The van der Waals surface area contributed by atoms with E-state index in [0.717, 1.165) is 37.8 Å². The van der Waals surface area contributed by atoms with E-state index in [1.54, 1.807) is 24.3 Å². The van der Waals surface area contributed by atoms with Gasteiger partial charge in [-0.05, 0) is 76.5 Å². The largest absolute Gasteiger partial charge is 0.399 e. The molecular formula is C29H19N5O4S. The summed E-state index contributed by atoms with van der Waals surface area (Å²) in [6.45, 7) is 0. The van der Waals surface area contributed by atoms with E-state index in [0.29, 0.717) is 16.5 Å². The molecule has 6 rings (SSSR count). The van der Waals surface area contributed by atoms with Crippen LogP contribution in [0.4, 0.5) is 33.6 Å². The lowest BCUT2D eigenvalue weighted by atomic mass is 10.0. The zero-order valence-corrected chi connectivity index (χ0v) is 21.0. The number of benzene rings is 5. The molecule has 0 bridgehead atoms. The second-order valence-corrected chi connectivity index (χ2v) is 9.89. The van der Waals surface area contributed by atoms with Gasteiger partial charge in [0, 0.05) is 41.3 Å². The van der Waals surface area contributed by atoms with Crippen LogP contribution in [-0.4, -0.2) is 14.8 Å². The van der Waals surface area contributed by atoms with Crippen LogP contribution in [0.15, 0.2) is 103 Å². The fraction of sp³-hybridized carbons (Fsp3) is 0. The average Bonchev–Trinajstić information content (AvgIpc) is 3.36. The van der Waals surface area contributed by atoms with Crippen LogP contribution in [0.1, 0.15) is 0 Å². The number of nitrogens with two attached hydrogens (primary N) is 1. The van der Waals surface area contributed by atoms with Gasteiger partial charge in [-0.15, -0.1) is 0 Å². The average molecular weight is 534 g/mol. The summed E-state index contributed by atoms with van der Waals surface area (Å²) in [7, 11) is 0. The Morgan fingerprint density at radius 3 is 1.82 bits per heavy atom. The molecule has 2 N–H and O–H groups in total. The number of hydrogen-bond acceptors (Lipinski definition) is 8. The van der Waals surface area contributed by atoms with Crippen LogP contribution in [0, 0.1) is 20.2 Å². The molecule has 10 heteroatoms. The zero-order chi connectivity index (χ0) is 27.1. The summed E-state index contributed by atoms with van der Waals surface area (Å²) in [6, 6.07) is 30.4. The van der Waals surface area contributed by atoms with Crippen molar-refractivity contribution in [3.05, 3.63) is 123 Å². The molecule has 0 atom stereocenters. The van der Waals surface area contributed by atoms with Gasteiger partial charge in [0.2, 0.25) is 0 Å². The Labute approximate surface area is 225 Å². The van der Waals surface area contributed by atoms with E-state index in [1.807, 2.05) is 41.3 Å². The fourth-order valence-corrected chi connectivity index (χ4v) is 5.50. The van der Waals surface area contributed by atoms with Gasteiger partial charge >= 0.3 is 0 Å². The minimum atomic E-state index is -0.457. The Morgan fingerprint density at radius 1 is 0.667 bits per heavy atom. The maximum absolute atomic E-state index is 11.2. The van der Waals surface area contributed by atoms with Crippen LogP contribution in [0.3, 0.4) is 0 Å². The first kappa shape index (κ1) is 24.0. The Bertz CT molecular complexity index is 1830. The van der Waals surface area contributed by atoms with Crippen LogP contribution in [-0.2, 0) is 0 Å². The molecule has 0 spiro atoms. The molecule has 1 aromatic heterocycles. The molecule has 0 saturated heterocycles. The SMILES string of the molecule is Nc1ccc2cc(-c3ccc4nc(N(c5ccc([N+](=O)[O-])cc5)c5ccc([N+](=O)[O-])cc5)sc4c3)ccc2c1. The van der Waals surface area contributed by atoms with E-state index in [1.165, 1.54) is 35.6 Å². The van der Waals surface area contributed by atoms with Gasteiger partial charge in [-0.3, -0.25) is 25.1 Å². The normalized spacial score (nSPS) is 11.1. The van der Waals surface area contributed by atoms with Gasteiger partial charge in [0.25, 0.3) is 11.4 Å². The number of nitrogen functional groups attached to an aromatic ring is 1.